The number of piperidine rings is 1. The molecule has 1 aromatic carbocycles. The molecule has 1 heterocycles. The molecule has 0 atom stereocenters. The molecule has 0 unspecified atom stereocenters. The Morgan fingerprint density at radius 3 is 2.52 bits per heavy atom. The average molecular weight is 381 g/mol. The fourth-order valence-electron chi connectivity index (χ4n) is 2.35. The van der Waals surface area contributed by atoms with Gasteiger partial charge in [-0.05, 0) is 25.0 Å². The number of hydrogen-bond donors (Lipinski definition) is 1. The zero-order chi connectivity index (χ0) is 17.0. The summed E-state index contributed by atoms with van der Waals surface area (Å²) in [5, 5.41) is 0.787. The van der Waals surface area contributed by atoms with Crippen molar-refractivity contribution in [1.82, 2.24) is 9.62 Å². The fourth-order valence-corrected chi connectivity index (χ4v) is 3.48. The minimum Gasteiger partial charge on any atom is -0.484 e. The van der Waals surface area contributed by atoms with E-state index in [-0.39, 0.29) is 18.6 Å². The van der Waals surface area contributed by atoms with Crippen LogP contribution in [0.2, 0.25) is 10.0 Å². The maximum absolute atomic E-state index is 12.1. The van der Waals surface area contributed by atoms with Gasteiger partial charge in [-0.25, -0.2) is 13.1 Å². The number of ether oxygens (including phenoxy) is 1. The first-order valence-electron chi connectivity index (χ1n) is 7.07. The maximum Gasteiger partial charge on any atom is 0.260 e. The Hall–Kier alpha value is -1.02. The lowest BCUT2D eigenvalue weighted by atomic mass is 10.1. The van der Waals surface area contributed by atoms with E-state index in [4.69, 9.17) is 27.9 Å². The van der Waals surface area contributed by atoms with Gasteiger partial charge in [0.05, 0.1) is 16.3 Å². The predicted molar refractivity (Wildman–Crippen MR) is 89.5 cm³/mol. The van der Waals surface area contributed by atoms with Crippen LogP contribution in [-0.4, -0.2) is 51.2 Å². The van der Waals surface area contributed by atoms with Crippen molar-refractivity contribution in [1.29, 1.82) is 0 Å². The SMILES string of the molecule is CS(=O)(=O)NC1CCN(C(=O)COc2ccc(Cl)c(Cl)c2)CC1. The summed E-state index contributed by atoms with van der Waals surface area (Å²) in [6.45, 7) is 0.898. The second-order valence-corrected chi connectivity index (χ2v) is 8.00. The number of rotatable bonds is 5. The van der Waals surface area contributed by atoms with Crippen molar-refractivity contribution in [3.8, 4) is 5.75 Å². The van der Waals surface area contributed by atoms with Gasteiger partial charge in [0.2, 0.25) is 10.0 Å². The van der Waals surface area contributed by atoms with Crippen molar-refractivity contribution in [3.63, 3.8) is 0 Å². The van der Waals surface area contributed by atoms with Gasteiger partial charge < -0.3 is 9.64 Å². The molecule has 1 saturated heterocycles. The van der Waals surface area contributed by atoms with Gasteiger partial charge in [0.1, 0.15) is 5.75 Å². The van der Waals surface area contributed by atoms with Crippen LogP contribution in [0.3, 0.4) is 0 Å². The normalized spacial score (nSPS) is 16.4. The molecule has 0 radical (unpaired) electrons. The number of benzene rings is 1. The third-order valence-electron chi connectivity index (χ3n) is 3.48. The van der Waals surface area contributed by atoms with Gasteiger partial charge in [-0.1, -0.05) is 23.2 Å². The molecule has 1 aliphatic rings. The topological polar surface area (TPSA) is 75.7 Å². The van der Waals surface area contributed by atoms with Crippen LogP contribution in [0.25, 0.3) is 0 Å². The van der Waals surface area contributed by atoms with E-state index in [1.165, 1.54) is 0 Å². The summed E-state index contributed by atoms with van der Waals surface area (Å²) in [7, 11) is -3.22. The van der Waals surface area contributed by atoms with Gasteiger partial charge in [-0.15, -0.1) is 0 Å². The van der Waals surface area contributed by atoms with Crippen LogP contribution < -0.4 is 9.46 Å². The molecule has 9 heteroatoms. The predicted octanol–water partition coefficient (Wildman–Crippen LogP) is 1.91. The van der Waals surface area contributed by atoms with E-state index in [0.29, 0.717) is 41.7 Å². The van der Waals surface area contributed by atoms with Gasteiger partial charge in [0.25, 0.3) is 5.91 Å². The molecular formula is C14H18Cl2N2O4S. The minimum atomic E-state index is -3.22. The van der Waals surface area contributed by atoms with Gasteiger partial charge in [-0.2, -0.15) is 0 Å². The van der Waals surface area contributed by atoms with Crippen molar-refractivity contribution in [2.45, 2.75) is 18.9 Å². The van der Waals surface area contributed by atoms with Crippen LogP contribution in [0.4, 0.5) is 0 Å². The summed E-state index contributed by atoms with van der Waals surface area (Å²) in [4.78, 5) is 13.8. The highest BCUT2D eigenvalue weighted by Crippen LogP contribution is 2.26. The number of amides is 1. The number of likely N-dealkylation sites (tertiary alicyclic amines) is 1. The van der Waals surface area contributed by atoms with Gasteiger partial charge in [-0.3, -0.25) is 4.79 Å². The van der Waals surface area contributed by atoms with Crippen LogP contribution in [0.15, 0.2) is 18.2 Å². The summed E-state index contributed by atoms with van der Waals surface area (Å²) in [6.07, 6.45) is 2.31. The Balaban J connectivity index is 1.80. The number of halogens is 2. The molecule has 2 rings (SSSR count). The summed E-state index contributed by atoms with van der Waals surface area (Å²) >= 11 is 11.7. The largest absolute Gasteiger partial charge is 0.484 e. The van der Waals surface area contributed by atoms with Crippen molar-refractivity contribution in [3.05, 3.63) is 28.2 Å². The van der Waals surface area contributed by atoms with Crippen LogP contribution in [-0.2, 0) is 14.8 Å². The van der Waals surface area contributed by atoms with Crippen LogP contribution in [0, 0.1) is 0 Å². The lowest BCUT2D eigenvalue weighted by molar-refractivity contribution is -0.134. The van der Waals surface area contributed by atoms with Gasteiger partial charge in [0.15, 0.2) is 6.61 Å². The molecular weight excluding hydrogens is 363 g/mol. The van der Waals surface area contributed by atoms with E-state index >= 15 is 0 Å². The first-order chi connectivity index (χ1) is 10.7. The Bertz CT molecular complexity index is 673. The van der Waals surface area contributed by atoms with E-state index in [1.807, 2.05) is 0 Å². The van der Waals surface area contributed by atoms with E-state index in [0.717, 1.165) is 6.26 Å². The monoisotopic (exact) mass is 380 g/mol. The standard InChI is InChI=1S/C14H18Cl2N2O4S/c1-23(20,21)17-10-4-6-18(7-5-10)14(19)9-22-11-2-3-12(15)13(16)8-11/h2-3,8,10,17H,4-7,9H2,1H3. The molecule has 6 nitrogen and oxygen atoms in total. The Kier molecular flexibility index (Phi) is 6.13. The molecule has 0 saturated carbocycles. The second kappa shape index (κ2) is 7.70. The van der Waals surface area contributed by atoms with E-state index in [2.05, 4.69) is 4.72 Å². The summed E-state index contributed by atoms with van der Waals surface area (Å²) in [6, 6.07) is 4.68. The zero-order valence-electron chi connectivity index (χ0n) is 12.6. The molecule has 128 valence electrons. The number of sulfonamides is 1. The number of nitrogens with zero attached hydrogens (tertiary/aromatic N) is 1. The van der Waals surface area contributed by atoms with E-state index in [9.17, 15) is 13.2 Å². The third kappa shape index (κ3) is 5.84. The number of nitrogens with one attached hydrogen (secondary N) is 1. The molecule has 0 spiro atoms. The molecule has 1 amide bonds. The van der Waals surface area contributed by atoms with Crippen molar-refractivity contribution >= 4 is 39.1 Å². The molecule has 1 aromatic rings. The Labute approximate surface area is 145 Å². The van der Waals surface area contributed by atoms with Crippen molar-refractivity contribution in [2.24, 2.45) is 0 Å². The number of carbonyl (C=O) groups excluding carboxylic acids is 1. The molecule has 0 bridgehead atoms. The molecule has 0 aromatic heterocycles. The highest BCUT2D eigenvalue weighted by atomic mass is 35.5. The number of carbonyl (C=O) groups is 1. The number of hydrogen-bond acceptors (Lipinski definition) is 4. The highest BCUT2D eigenvalue weighted by molar-refractivity contribution is 7.88. The molecule has 0 aliphatic carbocycles. The van der Waals surface area contributed by atoms with Crippen LogP contribution in [0.1, 0.15) is 12.8 Å². The average Bonchev–Trinajstić information content (AvgIpc) is 2.47. The Morgan fingerprint density at radius 2 is 1.96 bits per heavy atom. The summed E-state index contributed by atoms with van der Waals surface area (Å²) in [5.41, 5.74) is 0. The minimum absolute atomic E-state index is 0.0951. The lowest BCUT2D eigenvalue weighted by Gasteiger charge is -2.31. The molecule has 1 fully saturated rings. The smallest absolute Gasteiger partial charge is 0.260 e. The second-order valence-electron chi connectivity index (χ2n) is 5.41. The lowest BCUT2D eigenvalue weighted by Crippen LogP contribution is -2.47. The van der Waals surface area contributed by atoms with Gasteiger partial charge >= 0.3 is 0 Å². The van der Waals surface area contributed by atoms with E-state index in [1.54, 1.807) is 23.1 Å². The summed E-state index contributed by atoms with van der Waals surface area (Å²) < 4.78 is 30.4. The van der Waals surface area contributed by atoms with Crippen molar-refractivity contribution in [2.75, 3.05) is 26.0 Å². The maximum atomic E-state index is 12.1. The zero-order valence-corrected chi connectivity index (χ0v) is 14.9. The molecule has 1 aliphatic heterocycles. The fraction of sp³-hybridized carbons (Fsp3) is 0.500. The Morgan fingerprint density at radius 1 is 1.30 bits per heavy atom. The molecule has 1 N–H and O–H groups in total. The first kappa shape index (κ1) is 18.3. The van der Waals surface area contributed by atoms with Gasteiger partial charge in [0, 0.05) is 25.2 Å². The van der Waals surface area contributed by atoms with Crippen molar-refractivity contribution < 1.29 is 17.9 Å². The highest BCUT2D eigenvalue weighted by Gasteiger charge is 2.24. The first-order valence-corrected chi connectivity index (χ1v) is 9.72. The third-order valence-corrected chi connectivity index (χ3v) is 4.98. The molecule has 23 heavy (non-hydrogen) atoms. The van der Waals surface area contributed by atoms with E-state index < -0.39 is 10.0 Å². The van der Waals surface area contributed by atoms with Crippen LogP contribution in [0.5, 0.6) is 5.75 Å². The summed E-state index contributed by atoms with van der Waals surface area (Å²) in [5.74, 6) is 0.329. The van der Waals surface area contributed by atoms with Crippen LogP contribution >= 0.6 is 23.2 Å². The quantitative estimate of drug-likeness (QED) is 0.846.